The van der Waals surface area contributed by atoms with Crippen molar-refractivity contribution in [2.45, 2.75) is 31.6 Å². The van der Waals surface area contributed by atoms with E-state index in [9.17, 15) is 4.79 Å². The number of benzene rings is 1. The summed E-state index contributed by atoms with van der Waals surface area (Å²) in [4.78, 5) is 16.8. The second-order valence-electron chi connectivity index (χ2n) is 6.16. The van der Waals surface area contributed by atoms with Gasteiger partial charge in [-0.25, -0.2) is 0 Å². The number of piperidine rings is 1. The molecular weight excluding hydrogens is 262 g/mol. The number of hydrogen-bond acceptors (Lipinski definition) is 3. The van der Waals surface area contributed by atoms with Crippen molar-refractivity contribution < 1.29 is 4.79 Å². The predicted molar refractivity (Wildman–Crippen MR) is 85.5 cm³/mol. The van der Waals surface area contributed by atoms with E-state index in [1.165, 1.54) is 17.7 Å². The highest BCUT2D eigenvalue weighted by molar-refractivity contribution is 5.82. The van der Waals surface area contributed by atoms with Crippen LogP contribution >= 0.6 is 0 Å². The molecule has 0 aromatic heterocycles. The third-order valence-electron chi connectivity index (χ3n) is 4.71. The SMILES string of the molecule is NCCC1CN(CC(=O)N2CCCCC2)c2ccccc21. The Morgan fingerprint density at radius 2 is 1.95 bits per heavy atom. The van der Waals surface area contributed by atoms with Crippen LogP contribution in [0.25, 0.3) is 0 Å². The lowest BCUT2D eigenvalue weighted by Crippen LogP contribution is -2.42. The van der Waals surface area contributed by atoms with Gasteiger partial charge in [0.05, 0.1) is 6.54 Å². The van der Waals surface area contributed by atoms with E-state index in [1.54, 1.807) is 0 Å². The number of nitrogens with two attached hydrogens (primary N) is 1. The number of hydrogen-bond donors (Lipinski definition) is 1. The number of amides is 1. The van der Waals surface area contributed by atoms with E-state index in [1.807, 2.05) is 4.90 Å². The monoisotopic (exact) mass is 287 g/mol. The van der Waals surface area contributed by atoms with Crippen LogP contribution in [0.5, 0.6) is 0 Å². The van der Waals surface area contributed by atoms with Crippen LogP contribution in [0.2, 0.25) is 0 Å². The number of para-hydroxylation sites is 1. The van der Waals surface area contributed by atoms with Crippen molar-refractivity contribution in [3.63, 3.8) is 0 Å². The van der Waals surface area contributed by atoms with Crippen molar-refractivity contribution in [2.75, 3.05) is 37.6 Å². The quantitative estimate of drug-likeness (QED) is 0.921. The standard InChI is InChI=1S/C17H25N3O/c18-9-8-14-12-20(16-7-3-2-6-15(14)16)13-17(21)19-10-4-1-5-11-19/h2-3,6-7,14H,1,4-5,8-13,18H2. The molecular formula is C17H25N3O. The van der Waals surface area contributed by atoms with Gasteiger partial charge in [0.15, 0.2) is 0 Å². The first-order valence-electron chi connectivity index (χ1n) is 8.11. The fourth-order valence-electron chi connectivity index (χ4n) is 3.59. The first-order valence-corrected chi connectivity index (χ1v) is 8.11. The maximum atomic E-state index is 12.5. The van der Waals surface area contributed by atoms with Crippen molar-refractivity contribution in [1.29, 1.82) is 0 Å². The molecule has 0 saturated carbocycles. The van der Waals surface area contributed by atoms with Crippen LogP contribution in [0.15, 0.2) is 24.3 Å². The van der Waals surface area contributed by atoms with Crippen LogP contribution in [0.1, 0.15) is 37.2 Å². The highest BCUT2D eigenvalue weighted by atomic mass is 16.2. The van der Waals surface area contributed by atoms with Crippen LogP contribution in [-0.4, -0.2) is 43.5 Å². The number of rotatable bonds is 4. The van der Waals surface area contributed by atoms with Gasteiger partial charge in [0, 0.05) is 31.2 Å². The molecule has 0 spiro atoms. The number of carbonyl (C=O) groups is 1. The van der Waals surface area contributed by atoms with E-state index < -0.39 is 0 Å². The third kappa shape index (κ3) is 3.05. The molecule has 1 amide bonds. The number of nitrogens with zero attached hydrogens (tertiary/aromatic N) is 2. The number of likely N-dealkylation sites (tertiary alicyclic amines) is 1. The Morgan fingerprint density at radius 3 is 2.71 bits per heavy atom. The summed E-state index contributed by atoms with van der Waals surface area (Å²) in [6.07, 6.45) is 4.55. The average molecular weight is 287 g/mol. The summed E-state index contributed by atoms with van der Waals surface area (Å²) in [6, 6.07) is 8.46. The Hall–Kier alpha value is -1.55. The van der Waals surface area contributed by atoms with Gasteiger partial charge < -0.3 is 15.5 Å². The molecule has 2 aliphatic rings. The van der Waals surface area contributed by atoms with E-state index in [-0.39, 0.29) is 5.91 Å². The van der Waals surface area contributed by atoms with Gasteiger partial charge in [-0.1, -0.05) is 18.2 Å². The number of carbonyl (C=O) groups excluding carboxylic acids is 1. The summed E-state index contributed by atoms with van der Waals surface area (Å²) in [5.41, 5.74) is 8.31. The number of fused-ring (bicyclic) bond motifs is 1. The second-order valence-corrected chi connectivity index (χ2v) is 6.16. The van der Waals surface area contributed by atoms with Gasteiger partial charge in [0.2, 0.25) is 5.91 Å². The highest BCUT2D eigenvalue weighted by Crippen LogP contribution is 2.37. The number of anilines is 1. The summed E-state index contributed by atoms with van der Waals surface area (Å²) >= 11 is 0. The van der Waals surface area contributed by atoms with Gasteiger partial charge in [0.1, 0.15) is 0 Å². The maximum Gasteiger partial charge on any atom is 0.242 e. The van der Waals surface area contributed by atoms with Crippen LogP contribution < -0.4 is 10.6 Å². The molecule has 114 valence electrons. The van der Waals surface area contributed by atoms with Crippen LogP contribution in [0.4, 0.5) is 5.69 Å². The summed E-state index contributed by atoms with van der Waals surface area (Å²) < 4.78 is 0. The first kappa shape index (κ1) is 14.4. The molecule has 2 aliphatic heterocycles. The zero-order chi connectivity index (χ0) is 14.7. The molecule has 2 heterocycles. The minimum Gasteiger partial charge on any atom is -0.361 e. The average Bonchev–Trinajstić information content (AvgIpc) is 2.87. The Balaban J connectivity index is 1.70. The van der Waals surface area contributed by atoms with Crippen molar-refractivity contribution in [3.05, 3.63) is 29.8 Å². The third-order valence-corrected chi connectivity index (χ3v) is 4.71. The molecule has 0 bridgehead atoms. The van der Waals surface area contributed by atoms with Gasteiger partial charge in [-0.2, -0.15) is 0 Å². The minimum absolute atomic E-state index is 0.276. The normalized spacial score (nSPS) is 21.5. The molecule has 21 heavy (non-hydrogen) atoms. The second kappa shape index (κ2) is 6.48. The lowest BCUT2D eigenvalue weighted by Gasteiger charge is -2.29. The predicted octanol–water partition coefficient (Wildman–Crippen LogP) is 1.95. The molecule has 4 heteroatoms. The van der Waals surface area contributed by atoms with E-state index in [0.29, 0.717) is 19.0 Å². The summed E-state index contributed by atoms with van der Waals surface area (Å²) in [5.74, 6) is 0.748. The maximum absolute atomic E-state index is 12.5. The molecule has 1 saturated heterocycles. The van der Waals surface area contributed by atoms with Gasteiger partial charge in [-0.15, -0.1) is 0 Å². The Morgan fingerprint density at radius 1 is 1.19 bits per heavy atom. The van der Waals surface area contributed by atoms with Crippen LogP contribution in [0.3, 0.4) is 0 Å². The van der Waals surface area contributed by atoms with Crippen LogP contribution in [-0.2, 0) is 4.79 Å². The largest absolute Gasteiger partial charge is 0.361 e. The van der Waals surface area contributed by atoms with Crippen molar-refractivity contribution in [2.24, 2.45) is 5.73 Å². The van der Waals surface area contributed by atoms with Crippen molar-refractivity contribution >= 4 is 11.6 Å². The highest BCUT2D eigenvalue weighted by Gasteiger charge is 2.30. The Bertz CT molecular complexity index is 497. The molecule has 1 atom stereocenters. The van der Waals surface area contributed by atoms with Gasteiger partial charge >= 0.3 is 0 Å². The van der Waals surface area contributed by atoms with E-state index >= 15 is 0 Å². The first-order chi connectivity index (χ1) is 10.3. The van der Waals surface area contributed by atoms with Gasteiger partial charge in [-0.05, 0) is 43.9 Å². The topological polar surface area (TPSA) is 49.6 Å². The summed E-state index contributed by atoms with van der Waals surface area (Å²) in [5, 5.41) is 0. The lowest BCUT2D eigenvalue weighted by molar-refractivity contribution is -0.130. The molecule has 0 aliphatic carbocycles. The lowest BCUT2D eigenvalue weighted by atomic mass is 9.98. The molecule has 1 unspecified atom stereocenters. The van der Waals surface area contributed by atoms with Gasteiger partial charge in [-0.3, -0.25) is 4.79 Å². The zero-order valence-electron chi connectivity index (χ0n) is 12.6. The van der Waals surface area contributed by atoms with E-state index in [0.717, 1.165) is 38.9 Å². The smallest absolute Gasteiger partial charge is 0.242 e. The summed E-state index contributed by atoms with van der Waals surface area (Å²) in [7, 11) is 0. The minimum atomic E-state index is 0.276. The fraction of sp³-hybridized carbons (Fsp3) is 0.588. The molecule has 3 rings (SSSR count). The van der Waals surface area contributed by atoms with E-state index in [2.05, 4.69) is 29.2 Å². The Kier molecular flexibility index (Phi) is 4.44. The Labute approximate surface area is 126 Å². The van der Waals surface area contributed by atoms with Crippen molar-refractivity contribution in [1.82, 2.24) is 4.90 Å². The molecule has 4 nitrogen and oxygen atoms in total. The van der Waals surface area contributed by atoms with Gasteiger partial charge in [0.25, 0.3) is 0 Å². The zero-order valence-corrected chi connectivity index (χ0v) is 12.6. The molecule has 0 radical (unpaired) electrons. The summed E-state index contributed by atoms with van der Waals surface area (Å²) in [6.45, 7) is 4.00. The van der Waals surface area contributed by atoms with Crippen LogP contribution in [0, 0.1) is 0 Å². The fourth-order valence-corrected chi connectivity index (χ4v) is 3.59. The molecule has 1 aromatic carbocycles. The molecule has 2 N–H and O–H groups in total. The molecule has 1 aromatic rings. The molecule has 1 fully saturated rings. The van der Waals surface area contributed by atoms with Crippen molar-refractivity contribution in [3.8, 4) is 0 Å². The van der Waals surface area contributed by atoms with E-state index in [4.69, 9.17) is 5.73 Å².